The highest BCUT2D eigenvalue weighted by molar-refractivity contribution is 4.85. The van der Waals surface area contributed by atoms with Crippen molar-refractivity contribution in [2.24, 2.45) is 0 Å². The van der Waals surface area contributed by atoms with Crippen LogP contribution in [0.1, 0.15) is 34.1 Å². The maximum Gasteiger partial charge on any atom is 0.163 e. The molecule has 1 saturated heterocycles. The topological polar surface area (TPSA) is 58.9 Å². The van der Waals surface area contributed by atoms with Crippen molar-refractivity contribution in [1.82, 2.24) is 0 Å². The number of rotatable bonds is 3. The van der Waals surface area contributed by atoms with Crippen molar-refractivity contribution in [3.8, 4) is 0 Å². The minimum absolute atomic E-state index is 0.0792. The summed E-state index contributed by atoms with van der Waals surface area (Å²) in [6.07, 6.45) is -0.117. The molecule has 1 rings (SSSR count). The lowest BCUT2D eigenvalue weighted by molar-refractivity contribution is -0.152. The molecule has 1 fully saturated rings. The second kappa shape index (κ2) is 3.77. The van der Waals surface area contributed by atoms with Crippen LogP contribution < -0.4 is 0 Å². The molecule has 0 saturated carbocycles. The summed E-state index contributed by atoms with van der Waals surface area (Å²) in [5, 5.41) is 18.7. The number of aliphatic hydroxyl groups is 2. The quantitative estimate of drug-likeness (QED) is 0.709. The molecule has 0 radical (unpaired) electrons. The standard InChI is InChI=1S/C10H20O4/c1-9(2,12)5-7-8(6-11)14-10(3,4)13-7/h7-8,11-12H,5-6H2,1-4H3. The first-order chi connectivity index (χ1) is 6.23. The fraction of sp³-hybridized carbons (Fsp3) is 1.00. The minimum Gasteiger partial charge on any atom is -0.394 e. The van der Waals surface area contributed by atoms with Crippen LogP contribution in [0.4, 0.5) is 0 Å². The van der Waals surface area contributed by atoms with Gasteiger partial charge in [-0.15, -0.1) is 0 Å². The van der Waals surface area contributed by atoms with Gasteiger partial charge in [0.2, 0.25) is 0 Å². The molecule has 2 atom stereocenters. The average molecular weight is 204 g/mol. The average Bonchev–Trinajstić information content (AvgIpc) is 2.21. The zero-order valence-corrected chi connectivity index (χ0v) is 9.28. The Balaban J connectivity index is 2.60. The molecule has 1 heterocycles. The molecule has 1 aliphatic rings. The van der Waals surface area contributed by atoms with E-state index in [9.17, 15) is 5.11 Å². The second-order valence-electron chi connectivity index (χ2n) is 4.91. The highest BCUT2D eigenvalue weighted by atomic mass is 16.8. The molecule has 4 nitrogen and oxygen atoms in total. The van der Waals surface area contributed by atoms with Gasteiger partial charge in [-0.3, -0.25) is 0 Å². The molecule has 1 aliphatic heterocycles. The third-order valence-electron chi connectivity index (χ3n) is 2.17. The number of hydrogen-bond donors (Lipinski definition) is 2. The Labute approximate surface area is 84.8 Å². The zero-order chi connectivity index (χ0) is 11.0. The van der Waals surface area contributed by atoms with Crippen LogP contribution in [0.5, 0.6) is 0 Å². The van der Waals surface area contributed by atoms with Gasteiger partial charge in [-0.05, 0) is 27.7 Å². The number of hydrogen-bond acceptors (Lipinski definition) is 4. The fourth-order valence-corrected chi connectivity index (χ4v) is 1.73. The predicted molar refractivity (Wildman–Crippen MR) is 51.8 cm³/mol. The molecular weight excluding hydrogens is 184 g/mol. The summed E-state index contributed by atoms with van der Waals surface area (Å²) >= 11 is 0. The van der Waals surface area contributed by atoms with Gasteiger partial charge in [-0.2, -0.15) is 0 Å². The van der Waals surface area contributed by atoms with E-state index >= 15 is 0 Å². The van der Waals surface area contributed by atoms with E-state index < -0.39 is 11.4 Å². The second-order valence-corrected chi connectivity index (χ2v) is 4.91. The van der Waals surface area contributed by atoms with E-state index in [4.69, 9.17) is 14.6 Å². The van der Waals surface area contributed by atoms with Crippen LogP contribution in [-0.2, 0) is 9.47 Å². The maximum absolute atomic E-state index is 9.64. The van der Waals surface area contributed by atoms with Crippen molar-refractivity contribution in [1.29, 1.82) is 0 Å². The molecule has 14 heavy (non-hydrogen) atoms. The molecular formula is C10H20O4. The molecule has 4 heteroatoms. The van der Waals surface area contributed by atoms with Crippen molar-refractivity contribution in [3.05, 3.63) is 0 Å². The van der Waals surface area contributed by atoms with Crippen molar-refractivity contribution >= 4 is 0 Å². The Bertz CT molecular complexity index is 195. The Morgan fingerprint density at radius 1 is 1.21 bits per heavy atom. The summed E-state index contributed by atoms with van der Waals surface area (Å²) in [6, 6.07) is 0. The highest BCUT2D eigenvalue weighted by Gasteiger charge is 2.42. The van der Waals surface area contributed by atoms with Crippen molar-refractivity contribution < 1.29 is 19.7 Å². The first kappa shape index (κ1) is 11.9. The highest BCUT2D eigenvalue weighted by Crippen LogP contribution is 2.32. The molecule has 2 unspecified atom stereocenters. The smallest absolute Gasteiger partial charge is 0.163 e. The lowest BCUT2D eigenvalue weighted by Crippen LogP contribution is -2.34. The van der Waals surface area contributed by atoms with E-state index in [-0.39, 0.29) is 18.8 Å². The van der Waals surface area contributed by atoms with Gasteiger partial charge < -0.3 is 19.7 Å². The van der Waals surface area contributed by atoms with Crippen LogP contribution in [0.2, 0.25) is 0 Å². The van der Waals surface area contributed by atoms with Gasteiger partial charge in [-0.1, -0.05) is 0 Å². The lowest BCUT2D eigenvalue weighted by atomic mass is 9.98. The van der Waals surface area contributed by atoms with E-state index in [0.717, 1.165) is 0 Å². The van der Waals surface area contributed by atoms with E-state index in [0.29, 0.717) is 6.42 Å². The van der Waals surface area contributed by atoms with Gasteiger partial charge in [0, 0.05) is 6.42 Å². The molecule has 0 bridgehead atoms. The normalized spacial score (nSPS) is 32.1. The minimum atomic E-state index is -0.804. The summed E-state index contributed by atoms with van der Waals surface area (Å²) in [7, 11) is 0. The number of ether oxygens (including phenoxy) is 2. The molecule has 2 N–H and O–H groups in total. The molecule has 0 spiro atoms. The van der Waals surface area contributed by atoms with Crippen molar-refractivity contribution in [3.63, 3.8) is 0 Å². The van der Waals surface area contributed by atoms with E-state index in [2.05, 4.69) is 0 Å². The van der Waals surface area contributed by atoms with Gasteiger partial charge in [0.05, 0.1) is 18.3 Å². The third-order valence-corrected chi connectivity index (χ3v) is 2.17. The summed E-state index contributed by atoms with van der Waals surface area (Å²) < 4.78 is 11.1. The maximum atomic E-state index is 9.64. The van der Waals surface area contributed by atoms with Gasteiger partial charge in [-0.25, -0.2) is 0 Å². The number of aliphatic hydroxyl groups excluding tert-OH is 1. The van der Waals surface area contributed by atoms with Gasteiger partial charge >= 0.3 is 0 Å². The van der Waals surface area contributed by atoms with E-state index in [1.54, 1.807) is 27.7 Å². The lowest BCUT2D eigenvalue weighted by Gasteiger charge is -2.23. The van der Waals surface area contributed by atoms with Crippen LogP contribution >= 0.6 is 0 Å². The first-order valence-electron chi connectivity index (χ1n) is 4.92. The molecule has 0 aromatic carbocycles. The van der Waals surface area contributed by atoms with Crippen LogP contribution in [0.25, 0.3) is 0 Å². The van der Waals surface area contributed by atoms with E-state index in [1.807, 2.05) is 0 Å². The summed E-state index contributed by atoms with van der Waals surface area (Å²) in [5.74, 6) is -0.663. The van der Waals surface area contributed by atoms with Crippen LogP contribution in [0.3, 0.4) is 0 Å². The van der Waals surface area contributed by atoms with Gasteiger partial charge in [0.1, 0.15) is 6.10 Å². The molecule has 84 valence electrons. The largest absolute Gasteiger partial charge is 0.394 e. The SMILES string of the molecule is CC(C)(O)CC1OC(C)(C)OC1CO. The first-order valence-corrected chi connectivity index (χ1v) is 4.92. The van der Waals surface area contributed by atoms with Gasteiger partial charge in [0.25, 0.3) is 0 Å². The van der Waals surface area contributed by atoms with Crippen molar-refractivity contribution in [2.45, 2.75) is 57.7 Å². The monoisotopic (exact) mass is 204 g/mol. The van der Waals surface area contributed by atoms with Crippen molar-refractivity contribution in [2.75, 3.05) is 6.61 Å². The predicted octanol–water partition coefficient (Wildman–Crippen LogP) is 0.660. The summed E-state index contributed by atoms with van der Waals surface area (Å²) in [4.78, 5) is 0. The summed E-state index contributed by atoms with van der Waals surface area (Å²) in [5.41, 5.74) is -0.804. The molecule has 0 aliphatic carbocycles. The Hall–Kier alpha value is -0.160. The third kappa shape index (κ3) is 3.20. The van der Waals surface area contributed by atoms with Gasteiger partial charge in [0.15, 0.2) is 5.79 Å². The van der Waals surface area contributed by atoms with Crippen LogP contribution in [-0.4, -0.2) is 40.4 Å². The summed E-state index contributed by atoms with van der Waals surface area (Å²) in [6.45, 7) is 6.97. The Morgan fingerprint density at radius 2 is 1.71 bits per heavy atom. The zero-order valence-electron chi connectivity index (χ0n) is 9.28. The Morgan fingerprint density at radius 3 is 2.14 bits per heavy atom. The van der Waals surface area contributed by atoms with E-state index in [1.165, 1.54) is 0 Å². The molecule has 0 aromatic heterocycles. The molecule has 0 aromatic rings. The van der Waals surface area contributed by atoms with Crippen LogP contribution in [0.15, 0.2) is 0 Å². The molecule has 0 amide bonds. The fourth-order valence-electron chi connectivity index (χ4n) is 1.73. The Kier molecular flexibility index (Phi) is 3.21. The van der Waals surface area contributed by atoms with Crippen LogP contribution in [0, 0.1) is 0 Å².